The molecule has 55 heavy (non-hydrogen) atoms. The Balaban J connectivity index is 1.32. The van der Waals surface area contributed by atoms with Gasteiger partial charge in [-0.3, -0.25) is 33.7 Å². The van der Waals surface area contributed by atoms with Crippen molar-refractivity contribution in [2.24, 2.45) is 34.5 Å². The fraction of sp³-hybridized carbons (Fsp3) is 0.786. The van der Waals surface area contributed by atoms with E-state index in [0.29, 0.717) is 32.2 Å². The van der Waals surface area contributed by atoms with Crippen molar-refractivity contribution in [1.29, 1.82) is 0 Å². The maximum Gasteiger partial charge on any atom is 0.315 e. The summed E-state index contributed by atoms with van der Waals surface area (Å²) in [5.74, 6) is -2.40. The number of nitrogens with one attached hydrogen (secondary N) is 4. The molecule has 3 aliphatic carbocycles. The molecule has 5 fully saturated rings. The molecule has 5 atom stereocenters. The molecule has 5 aliphatic rings. The number of likely N-dealkylation sites (tertiary alicyclic amines) is 2. The summed E-state index contributed by atoms with van der Waals surface area (Å²) in [5, 5.41) is 11.5. The molecule has 2 saturated heterocycles. The quantitative estimate of drug-likeness (QED) is 0.109. The number of carbonyl (C=O) groups is 7. The average Bonchev–Trinajstić information content (AvgIpc) is 3.65. The van der Waals surface area contributed by atoms with Crippen LogP contribution in [0.2, 0.25) is 0 Å². The second kappa shape index (κ2) is 18.0. The predicted octanol–water partition coefficient (Wildman–Crippen LogP) is 4.39. The average molecular weight is 767 g/mol. The summed E-state index contributed by atoms with van der Waals surface area (Å²) in [6.45, 7) is 14.0. The minimum Gasteiger partial charge on any atom is -0.346 e. The lowest BCUT2D eigenvalue weighted by molar-refractivity contribution is -0.154. The molecule has 13 nitrogen and oxygen atoms in total. The first-order chi connectivity index (χ1) is 26.0. The highest BCUT2D eigenvalue weighted by Crippen LogP contribution is 2.47. The molecule has 0 aromatic rings. The first kappa shape index (κ1) is 42.4. The molecule has 7 amide bonds. The van der Waals surface area contributed by atoms with Crippen LogP contribution < -0.4 is 21.3 Å². The maximum atomic E-state index is 14.8. The third kappa shape index (κ3) is 10.8. The highest BCUT2D eigenvalue weighted by molar-refractivity contribution is 6.38. The van der Waals surface area contributed by atoms with Crippen LogP contribution >= 0.6 is 0 Å². The first-order valence-electron chi connectivity index (χ1n) is 21.0. The van der Waals surface area contributed by atoms with Gasteiger partial charge < -0.3 is 26.2 Å². The Morgan fingerprint density at radius 1 is 0.873 bits per heavy atom. The third-order valence-corrected chi connectivity index (χ3v) is 13.1. The molecular formula is C42H66N6O7. The molecule has 0 bridgehead atoms. The van der Waals surface area contributed by atoms with Gasteiger partial charge in [0.05, 0.1) is 12.1 Å². The van der Waals surface area contributed by atoms with Gasteiger partial charge >= 0.3 is 6.03 Å². The maximum absolute atomic E-state index is 14.8. The van der Waals surface area contributed by atoms with E-state index in [2.05, 4.69) is 41.7 Å². The van der Waals surface area contributed by atoms with E-state index >= 15 is 0 Å². The van der Waals surface area contributed by atoms with E-state index in [4.69, 9.17) is 0 Å². The number of nitrogens with zero attached hydrogens (tertiary/aromatic N) is 2. The van der Waals surface area contributed by atoms with E-state index in [1.807, 2.05) is 20.8 Å². The van der Waals surface area contributed by atoms with Crippen LogP contribution in [0.25, 0.3) is 0 Å². The summed E-state index contributed by atoms with van der Waals surface area (Å²) in [5.41, 5.74) is -0.753. The number of amides is 7. The standard InChI is InChI=1S/C42H66N6O7/c1-7-19-43-38(53)36(51)30(20-27-15-16-27)44-37(52)31-21-29(26(2)3)24-47(31)39(54)35(28-13-9-8-10-14-28)46-40(55)45-32(41(4,5)6)25-48-33(49)22-42(23-34(48)50)17-11-12-18-42/h7,26-32,35H,1,8-25H2,2-6H3,(H,43,53)(H,44,52)(H2,45,46,55)/t29?,30?,31-,32+,35-/m0/s1. The smallest absolute Gasteiger partial charge is 0.315 e. The monoisotopic (exact) mass is 766 g/mol. The lowest BCUT2D eigenvalue weighted by Gasteiger charge is -2.41. The predicted molar refractivity (Wildman–Crippen MR) is 208 cm³/mol. The summed E-state index contributed by atoms with van der Waals surface area (Å²) >= 11 is 0. The Morgan fingerprint density at radius 2 is 1.51 bits per heavy atom. The zero-order chi connectivity index (χ0) is 40.1. The van der Waals surface area contributed by atoms with Crippen LogP contribution in [0.15, 0.2) is 12.7 Å². The van der Waals surface area contributed by atoms with E-state index in [-0.39, 0.29) is 59.9 Å². The molecule has 1 spiro atoms. The molecule has 2 unspecified atom stereocenters. The van der Waals surface area contributed by atoms with Crippen LogP contribution in [-0.4, -0.2) is 95.0 Å². The molecule has 3 saturated carbocycles. The van der Waals surface area contributed by atoms with Crippen molar-refractivity contribution >= 4 is 41.4 Å². The molecule has 5 rings (SSSR count). The number of ketones is 1. The number of hydrogen-bond acceptors (Lipinski definition) is 7. The lowest BCUT2D eigenvalue weighted by atomic mass is 9.76. The highest BCUT2D eigenvalue weighted by atomic mass is 16.2. The molecule has 2 aliphatic heterocycles. The van der Waals surface area contributed by atoms with E-state index in [1.165, 1.54) is 11.0 Å². The molecule has 0 aromatic heterocycles. The summed E-state index contributed by atoms with van der Waals surface area (Å²) in [6.07, 6.45) is 13.0. The minimum absolute atomic E-state index is 0.0160. The Hall–Kier alpha value is -3.77. The van der Waals surface area contributed by atoms with Gasteiger partial charge in [-0.1, -0.05) is 85.6 Å². The normalized spacial score (nSPS) is 24.7. The molecule has 0 radical (unpaired) electrons. The van der Waals surface area contributed by atoms with Gasteiger partial charge in [-0.2, -0.15) is 0 Å². The molecule has 4 N–H and O–H groups in total. The van der Waals surface area contributed by atoms with Crippen molar-refractivity contribution in [2.45, 2.75) is 155 Å². The number of piperidine rings is 1. The first-order valence-corrected chi connectivity index (χ1v) is 21.0. The topological polar surface area (TPSA) is 174 Å². The fourth-order valence-electron chi connectivity index (χ4n) is 9.24. The van der Waals surface area contributed by atoms with Crippen molar-refractivity contribution in [2.75, 3.05) is 19.6 Å². The van der Waals surface area contributed by atoms with Gasteiger partial charge in [0.2, 0.25) is 29.4 Å². The molecule has 2 heterocycles. The Kier molecular flexibility index (Phi) is 13.9. The van der Waals surface area contributed by atoms with Gasteiger partial charge in [-0.15, -0.1) is 6.58 Å². The van der Waals surface area contributed by atoms with Gasteiger partial charge in [0, 0.05) is 32.5 Å². The third-order valence-electron chi connectivity index (χ3n) is 13.1. The van der Waals surface area contributed by atoms with E-state index in [9.17, 15) is 33.6 Å². The van der Waals surface area contributed by atoms with Crippen LogP contribution in [0.3, 0.4) is 0 Å². The number of imide groups is 1. The summed E-state index contributed by atoms with van der Waals surface area (Å²) in [4.78, 5) is 98.4. The zero-order valence-electron chi connectivity index (χ0n) is 33.9. The van der Waals surface area contributed by atoms with Crippen molar-refractivity contribution in [3.05, 3.63) is 12.7 Å². The lowest BCUT2D eigenvalue weighted by Crippen LogP contribution is -2.61. The van der Waals surface area contributed by atoms with Crippen molar-refractivity contribution in [3.8, 4) is 0 Å². The zero-order valence-corrected chi connectivity index (χ0v) is 33.9. The van der Waals surface area contributed by atoms with Gasteiger partial charge in [-0.25, -0.2) is 4.79 Å². The second-order valence-electron chi connectivity index (χ2n) is 18.7. The van der Waals surface area contributed by atoms with Crippen molar-refractivity contribution in [3.63, 3.8) is 0 Å². The van der Waals surface area contributed by atoms with E-state index in [0.717, 1.165) is 70.6 Å². The van der Waals surface area contributed by atoms with E-state index < -0.39 is 53.2 Å². The largest absolute Gasteiger partial charge is 0.346 e. The minimum atomic E-state index is -1.00. The number of carbonyl (C=O) groups excluding carboxylic acids is 7. The van der Waals surface area contributed by atoms with Crippen molar-refractivity contribution < 1.29 is 33.6 Å². The van der Waals surface area contributed by atoms with Crippen molar-refractivity contribution in [1.82, 2.24) is 31.1 Å². The summed E-state index contributed by atoms with van der Waals surface area (Å²) in [7, 11) is 0. The Bertz CT molecular complexity index is 1450. The van der Waals surface area contributed by atoms with Crippen LogP contribution in [0.4, 0.5) is 4.79 Å². The van der Waals surface area contributed by atoms with E-state index in [1.54, 1.807) is 4.90 Å². The number of urea groups is 1. The number of rotatable bonds is 15. The molecule has 0 aromatic carbocycles. The highest BCUT2D eigenvalue weighted by Gasteiger charge is 2.48. The van der Waals surface area contributed by atoms with Crippen LogP contribution in [-0.2, 0) is 28.8 Å². The Labute approximate surface area is 327 Å². The van der Waals surface area contributed by atoms with Crippen LogP contribution in [0.1, 0.15) is 131 Å². The fourth-order valence-corrected chi connectivity index (χ4v) is 9.24. The summed E-state index contributed by atoms with van der Waals surface area (Å²) < 4.78 is 0. The molecular weight excluding hydrogens is 700 g/mol. The SMILES string of the molecule is C=CCNC(=O)C(=O)C(CC1CC1)NC(=O)[C@@H]1CC(C(C)C)CN1C(=O)[C@@H](NC(=O)N[C@H](CN1C(=O)CC2(CCCC2)CC1=O)C(C)(C)C)C1CCCCC1. The van der Waals surface area contributed by atoms with Crippen LogP contribution in [0, 0.1) is 34.5 Å². The van der Waals surface area contributed by atoms with Gasteiger partial charge in [0.15, 0.2) is 0 Å². The van der Waals surface area contributed by atoms with Gasteiger partial charge in [0.25, 0.3) is 5.91 Å². The van der Waals surface area contributed by atoms with Crippen LogP contribution in [0.5, 0.6) is 0 Å². The summed E-state index contributed by atoms with van der Waals surface area (Å²) in [6, 6.07) is -3.93. The Morgan fingerprint density at radius 3 is 2.07 bits per heavy atom. The van der Waals surface area contributed by atoms with Gasteiger partial charge in [0.1, 0.15) is 12.1 Å². The van der Waals surface area contributed by atoms with Gasteiger partial charge in [-0.05, 0) is 73.0 Å². The number of hydrogen-bond donors (Lipinski definition) is 4. The second-order valence-corrected chi connectivity index (χ2v) is 18.7. The molecule has 13 heteroatoms. The molecule has 306 valence electrons. The number of Topliss-reactive ketones (excluding diaryl/α,β-unsaturated/α-hetero) is 1.